The second-order valence-corrected chi connectivity index (χ2v) is 9.06. The number of rotatable bonds is 4. The predicted molar refractivity (Wildman–Crippen MR) is 137 cm³/mol. The van der Waals surface area contributed by atoms with E-state index in [1.54, 1.807) is 21.3 Å². The minimum atomic E-state index is -0.165. The van der Waals surface area contributed by atoms with Crippen molar-refractivity contribution >= 4 is 37.7 Å². The van der Waals surface area contributed by atoms with E-state index in [4.69, 9.17) is 4.98 Å². The van der Waals surface area contributed by atoms with Crippen molar-refractivity contribution in [2.24, 2.45) is 0 Å². The van der Waals surface area contributed by atoms with Gasteiger partial charge in [0.25, 0.3) is 11.1 Å². The summed E-state index contributed by atoms with van der Waals surface area (Å²) < 4.78 is 4.29. The Morgan fingerprint density at radius 3 is 2.52 bits per heavy atom. The minimum Gasteiger partial charge on any atom is -0.308 e. The SMILES string of the molecule is CCCn1c(=O)cc(-c2nc3ccccc3c(=O)n2-c2cccc(C)c2)c2cc(Br)ccc21. The normalized spacial score (nSPS) is 11.4. The minimum absolute atomic E-state index is 0.111. The first-order chi connectivity index (χ1) is 16.0. The lowest BCUT2D eigenvalue weighted by atomic mass is 10.1. The van der Waals surface area contributed by atoms with Crippen LogP contribution in [0.4, 0.5) is 0 Å². The van der Waals surface area contributed by atoms with Gasteiger partial charge in [-0.1, -0.05) is 47.1 Å². The highest BCUT2D eigenvalue weighted by Crippen LogP contribution is 2.30. The standard InChI is InChI=1S/C27H22BrN3O2/c1-3-13-30-24-12-11-18(28)15-21(24)22(16-25(30)32)26-29-23-10-5-4-9-20(23)27(33)31(26)19-8-6-7-17(2)14-19/h4-12,14-16H,3,13H2,1-2H3. The molecular formula is C27H22BrN3O2. The summed E-state index contributed by atoms with van der Waals surface area (Å²) in [5, 5.41) is 1.40. The van der Waals surface area contributed by atoms with E-state index in [-0.39, 0.29) is 11.1 Å². The number of benzene rings is 3. The van der Waals surface area contributed by atoms with Crippen molar-refractivity contribution in [3.63, 3.8) is 0 Å². The van der Waals surface area contributed by atoms with Gasteiger partial charge in [-0.05, 0) is 61.4 Å². The van der Waals surface area contributed by atoms with Gasteiger partial charge in [-0.2, -0.15) is 0 Å². The first kappa shape index (κ1) is 21.3. The van der Waals surface area contributed by atoms with Crippen molar-refractivity contribution in [3.05, 3.63) is 104 Å². The van der Waals surface area contributed by atoms with E-state index in [0.717, 1.165) is 27.4 Å². The van der Waals surface area contributed by atoms with E-state index in [1.165, 1.54) is 0 Å². The summed E-state index contributed by atoms with van der Waals surface area (Å²) in [5.41, 5.74) is 3.52. The fourth-order valence-corrected chi connectivity index (χ4v) is 4.68. The number of hydrogen-bond acceptors (Lipinski definition) is 3. The van der Waals surface area contributed by atoms with Gasteiger partial charge in [0, 0.05) is 28.0 Å². The number of halogens is 1. The van der Waals surface area contributed by atoms with Gasteiger partial charge in [0.05, 0.1) is 22.1 Å². The van der Waals surface area contributed by atoms with Crippen LogP contribution in [0.5, 0.6) is 0 Å². The summed E-state index contributed by atoms with van der Waals surface area (Å²) >= 11 is 3.57. The molecule has 5 rings (SSSR count). The van der Waals surface area contributed by atoms with Crippen molar-refractivity contribution in [1.29, 1.82) is 0 Å². The van der Waals surface area contributed by atoms with Crippen molar-refractivity contribution < 1.29 is 0 Å². The van der Waals surface area contributed by atoms with Crippen LogP contribution in [-0.4, -0.2) is 14.1 Å². The van der Waals surface area contributed by atoms with Gasteiger partial charge in [0.1, 0.15) is 5.82 Å². The molecule has 33 heavy (non-hydrogen) atoms. The Hall–Kier alpha value is -3.51. The van der Waals surface area contributed by atoms with Gasteiger partial charge in [0.15, 0.2) is 0 Å². The quantitative estimate of drug-likeness (QED) is 0.311. The van der Waals surface area contributed by atoms with Crippen LogP contribution < -0.4 is 11.1 Å². The molecule has 0 aliphatic carbocycles. The van der Waals surface area contributed by atoms with Crippen LogP contribution in [0.2, 0.25) is 0 Å². The molecule has 0 saturated carbocycles. The molecule has 0 radical (unpaired) electrons. The fourth-order valence-electron chi connectivity index (χ4n) is 4.32. The van der Waals surface area contributed by atoms with E-state index in [1.807, 2.05) is 74.5 Å². The van der Waals surface area contributed by atoms with E-state index in [0.29, 0.717) is 34.5 Å². The molecule has 0 bridgehead atoms. The molecule has 6 heteroatoms. The average molecular weight is 500 g/mol. The van der Waals surface area contributed by atoms with E-state index < -0.39 is 0 Å². The molecule has 0 unspecified atom stereocenters. The third-order valence-electron chi connectivity index (χ3n) is 5.80. The number of aromatic nitrogens is 3. The van der Waals surface area contributed by atoms with Gasteiger partial charge < -0.3 is 4.57 Å². The second-order valence-electron chi connectivity index (χ2n) is 8.14. The molecule has 5 aromatic rings. The zero-order chi connectivity index (χ0) is 23.1. The summed E-state index contributed by atoms with van der Waals surface area (Å²) in [6, 6.07) is 22.5. The molecule has 164 valence electrons. The zero-order valence-electron chi connectivity index (χ0n) is 18.4. The predicted octanol–water partition coefficient (Wildman–Crippen LogP) is 5.85. The van der Waals surface area contributed by atoms with E-state index >= 15 is 0 Å². The van der Waals surface area contributed by atoms with Crippen molar-refractivity contribution in [2.45, 2.75) is 26.8 Å². The Kier molecular flexibility index (Phi) is 5.46. The van der Waals surface area contributed by atoms with E-state index in [2.05, 4.69) is 15.9 Å². The molecule has 0 spiro atoms. The van der Waals surface area contributed by atoms with Gasteiger partial charge in [0.2, 0.25) is 0 Å². The first-order valence-electron chi connectivity index (χ1n) is 10.9. The highest BCUT2D eigenvalue weighted by atomic mass is 79.9. The highest BCUT2D eigenvalue weighted by molar-refractivity contribution is 9.10. The third-order valence-corrected chi connectivity index (χ3v) is 6.29. The lowest BCUT2D eigenvalue weighted by molar-refractivity contribution is 0.678. The number of nitrogens with zero attached hydrogens (tertiary/aromatic N) is 3. The Bertz CT molecular complexity index is 1650. The van der Waals surface area contributed by atoms with Crippen molar-refractivity contribution in [3.8, 4) is 17.1 Å². The lowest BCUT2D eigenvalue weighted by Crippen LogP contribution is -2.24. The molecule has 0 aliphatic rings. The topological polar surface area (TPSA) is 56.9 Å². The number of pyridine rings is 1. The molecule has 0 saturated heterocycles. The molecular weight excluding hydrogens is 478 g/mol. The first-order valence-corrected chi connectivity index (χ1v) is 11.7. The summed E-state index contributed by atoms with van der Waals surface area (Å²) in [5.74, 6) is 0.452. The summed E-state index contributed by atoms with van der Waals surface area (Å²) in [4.78, 5) is 31.8. The highest BCUT2D eigenvalue weighted by Gasteiger charge is 2.19. The van der Waals surface area contributed by atoms with Gasteiger partial charge in [-0.25, -0.2) is 4.98 Å². The maximum absolute atomic E-state index is 13.7. The molecule has 5 nitrogen and oxygen atoms in total. The largest absolute Gasteiger partial charge is 0.308 e. The average Bonchev–Trinajstić information content (AvgIpc) is 2.80. The third kappa shape index (κ3) is 3.70. The van der Waals surface area contributed by atoms with Gasteiger partial charge in [-0.3, -0.25) is 14.2 Å². The second kappa shape index (κ2) is 8.45. The zero-order valence-corrected chi connectivity index (χ0v) is 20.0. The lowest BCUT2D eigenvalue weighted by Gasteiger charge is -2.17. The number of hydrogen-bond donors (Lipinski definition) is 0. The molecule has 3 aromatic carbocycles. The maximum Gasteiger partial charge on any atom is 0.266 e. The molecule has 0 atom stereocenters. The molecule has 0 aliphatic heterocycles. The monoisotopic (exact) mass is 499 g/mol. The molecule has 2 heterocycles. The Morgan fingerprint density at radius 2 is 1.73 bits per heavy atom. The van der Waals surface area contributed by atoms with Crippen LogP contribution in [-0.2, 0) is 6.54 Å². The molecule has 2 aromatic heterocycles. The van der Waals surface area contributed by atoms with Crippen LogP contribution in [0.1, 0.15) is 18.9 Å². The van der Waals surface area contributed by atoms with Crippen molar-refractivity contribution in [2.75, 3.05) is 0 Å². The Labute approximate surface area is 199 Å². The van der Waals surface area contributed by atoms with Gasteiger partial charge in [-0.15, -0.1) is 0 Å². The maximum atomic E-state index is 13.7. The molecule has 0 fully saturated rings. The molecule has 0 amide bonds. The Morgan fingerprint density at radius 1 is 0.909 bits per heavy atom. The van der Waals surface area contributed by atoms with Gasteiger partial charge >= 0.3 is 0 Å². The van der Waals surface area contributed by atoms with Crippen LogP contribution in [0.15, 0.2) is 86.9 Å². The van der Waals surface area contributed by atoms with Crippen LogP contribution >= 0.6 is 15.9 Å². The van der Waals surface area contributed by atoms with E-state index in [9.17, 15) is 9.59 Å². The number of fused-ring (bicyclic) bond motifs is 2. The molecule has 0 N–H and O–H groups in total. The Balaban J connectivity index is 1.97. The summed E-state index contributed by atoms with van der Waals surface area (Å²) in [6.45, 7) is 4.65. The van der Waals surface area contributed by atoms with Crippen LogP contribution in [0.25, 0.3) is 38.9 Å². The fraction of sp³-hybridized carbons (Fsp3) is 0.148. The number of aryl methyl sites for hydroxylation is 2. The smallest absolute Gasteiger partial charge is 0.266 e. The summed E-state index contributed by atoms with van der Waals surface area (Å²) in [7, 11) is 0. The van der Waals surface area contributed by atoms with Crippen LogP contribution in [0.3, 0.4) is 0 Å². The van der Waals surface area contributed by atoms with Crippen molar-refractivity contribution in [1.82, 2.24) is 14.1 Å². The number of para-hydroxylation sites is 1. The van der Waals surface area contributed by atoms with Crippen LogP contribution in [0, 0.1) is 6.92 Å². The summed E-state index contributed by atoms with van der Waals surface area (Å²) in [6.07, 6.45) is 0.840.